The maximum absolute atomic E-state index is 13.6. The van der Waals surface area contributed by atoms with Gasteiger partial charge >= 0.3 is 0 Å². The summed E-state index contributed by atoms with van der Waals surface area (Å²) in [7, 11) is 0. The third-order valence-corrected chi connectivity index (χ3v) is 21.1. The average Bonchev–Trinajstić information content (AvgIpc) is 1.45. The van der Waals surface area contributed by atoms with E-state index in [9.17, 15) is 5.26 Å². The van der Waals surface area contributed by atoms with Gasteiger partial charge in [0.05, 0.1) is 76.3 Å². The van der Waals surface area contributed by atoms with Crippen LogP contribution in [0.2, 0.25) is 0 Å². The SMILES string of the molecule is CC(C)(C)Cc1cc(CC(C)(C)C)cc(-c2c(-n3c4ccccc4c4ccccc43)c(-n3c4ccccc4c4ccc5c6ccccc6sc5c43)c(C#N)c(-n3c4ccccc4c4ccc5c6ccccc6sc5c43)c2-n2c3ccccc3c3ccccc32)c1. The molecule has 0 aliphatic carbocycles. The van der Waals surface area contributed by atoms with Gasteiger partial charge < -0.3 is 18.3 Å². The molecule has 0 aliphatic rings. The molecular formula is C83H61N5S2. The quantitative estimate of drug-likeness (QED) is 0.157. The Hall–Kier alpha value is -10.2. The van der Waals surface area contributed by atoms with Crippen LogP contribution < -0.4 is 0 Å². The summed E-state index contributed by atoms with van der Waals surface area (Å²) in [5, 5.41) is 27.5. The second kappa shape index (κ2) is 19.4. The molecule has 18 aromatic rings. The predicted octanol–water partition coefficient (Wildman–Crippen LogP) is 23.5. The molecule has 0 fully saturated rings. The Morgan fingerprint density at radius 2 is 0.622 bits per heavy atom. The van der Waals surface area contributed by atoms with Crippen LogP contribution in [0.5, 0.6) is 0 Å². The smallest absolute Gasteiger partial charge is 0.104 e. The lowest BCUT2D eigenvalue weighted by Gasteiger charge is -2.30. The molecule has 0 saturated heterocycles. The van der Waals surface area contributed by atoms with Gasteiger partial charge in [-0.25, -0.2) is 0 Å². The van der Waals surface area contributed by atoms with Gasteiger partial charge in [0.25, 0.3) is 0 Å². The Morgan fingerprint density at radius 1 is 0.322 bits per heavy atom. The van der Waals surface area contributed by atoms with Crippen LogP contribution in [0, 0.1) is 22.2 Å². The highest BCUT2D eigenvalue weighted by Crippen LogP contribution is 2.55. The molecule has 0 amide bonds. The Kier molecular flexibility index (Phi) is 11.4. The first-order chi connectivity index (χ1) is 43.9. The van der Waals surface area contributed by atoms with Gasteiger partial charge in [0.2, 0.25) is 0 Å². The lowest BCUT2D eigenvalue weighted by Crippen LogP contribution is -2.17. The molecule has 5 nitrogen and oxygen atoms in total. The van der Waals surface area contributed by atoms with Gasteiger partial charge in [-0.2, -0.15) is 5.26 Å². The zero-order valence-corrected chi connectivity index (χ0v) is 52.6. The van der Waals surface area contributed by atoms with Gasteiger partial charge in [-0.1, -0.05) is 230 Å². The number of para-hydroxylation sites is 6. The van der Waals surface area contributed by atoms with E-state index in [0.717, 1.165) is 134 Å². The first kappa shape index (κ1) is 52.9. The summed E-state index contributed by atoms with van der Waals surface area (Å²) < 4.78 is 15.0. The van der Waals surface area contributed by atoms with Crippen LogP contribution in [0.3, 0.4) is 0 Å². The van der Waals surface area contributed by atoms with Crippen molar-refractivity contribution in [3.63, 3.8) is 0 Å². The van der Waals surface area contributed by atoms with Gasteiger partial charge in [-0.05, 0) is 88.9 Å². The van der Waals surface area contributed by atoms with Crippen molar-refractivity contribution in [3.8, 4) is 39.9 Å². The molecule has 0 aliphatic heterocycles. The van der Waals surface area contributed by atoms with Gasteiger partial charge in [0.15, 0.2) is 0 Å². The van der Waals surface area contributed by atoms with Crippen molar-refractivity contribution < 1.29 is 0 Å². The molecule has 6 heterocycles. The van der Waals surface area contributed by atoms with E-state index in [-0.39, 0.29) is 10.8 Å². The van der Waals surface area contributed by atoms with Crippen LogP contribution in [0.25, 0.3) is 161 Å². The molecule has 0 atom stereocenters. The van der Waals surface area contributed by atoms with Crippen LogP contribution in [-0.2, 0) is 12.8 Å². The van der Waals surface area contributed by atoms with Crippen LogP contribution in [0.15, 0.2) is 237 Å². The average molecular weight is 1190 g/mol. The van der Waals surface area contributed by atoms with Crippen molar-refractivity contribution >= 4 is 150 Å². The molecule has 0 N–H and O–H groups in total. The lowest BCUT2D eigenvalue weighted by atomic mass is 9.82. The van der Waals surface area contributed by atoms with E-state index >= 15 is 0 Å². The zero-order chi connectivity index (χ0) is 60.5. The number of hydrogen-bond donors (Lipinski definition) is 0. The Bertz CT molecular complexity index is 5680. The van der Waals surface area contributed by atoms with Crippen molar-refractivity contribution in [2.75, 3.05) is 0 Å². The summed E-state index contributed by atoms with van der Waals surface area (Å²) in [5.41, 5.74) is 17.1. The van der Waals surface area contributed by atoms with Gasteiger partial charge in [-0.15, -0.1) is 22.7 Å². The standard InChI is InChI=1S/C83H61N5S2/c1-82(2,3)46-49-43-50(47-83(4,5)6)45-51(44-49)73-78(85-65-31-15-7-23-52(65)53-24-8-16-32-66(53)85)74(87-69-35-19-11-27-56(69)60-39-41-62-58-29-13-21-37-71(58)89-80(62)76(60)87)64(48-84)75(79(73)86-67-33-17-9-25-54(67)55-26-10-18-34-68(55)86)88-70-36-20-12-28-57(70)61-40-42-63-59-30-14-22-38-72(59)90-81(63)77(61)88/h7-45H,46-47H2,1-6H3. The van der Waals surface area contributed by atoms with Crippen LogP contribution >= 0.6 is 22.7 Å². The van der Waals surface area contributed by atoms with E-state index in [0.29, 0.717) is 5.56 Å². The molecule has 430 valence electrons. The third kappa shape index (κ3) is 7.71. The molecule has 7 heteroatoms. The maximum atomic E-state index is 13.6. The fraction of sp³-hybridized carbons (Fsp3) is 0.120. The normalized spacial score (nSPS) is 12.6. The Morgan fingerprint density at radius 3 is 0.967 bits per heavy atom. The molecule has 0 bridgehead atoms. The van der Waals surface area contributed by atoms with Crippen LogP contribution in [0.4, 0.5) is 0 Å². The van der Waals surface area contributed by atoms with E-state index in [1.54, 1.807) is 0 Å². The highest BCUT2D eigenvalue weighted by Gasteiger charge is 2.36. The number of aromatic nitrogens is 4. The number of hydrogen-bond acceptors (Lipinski definition) is 3. The third-order valence-electron chi connectivity index (χ3n) is 18.7. The molecule has 12 aromatic carbocycles. The monoisotopic (exact) mass is 1190 g/mol. The van der Waals surface area contributed by atoms with Crippen LogP contribution in [-0.4, -0.2) is 18.3 Å². The van der Waals surface area contributed by atoms with Crippen molar-refractivity contribution in [2.45, 2.75) is 54.4 Å². The van der Waals surface area contributed by atoms with Gasteiger partial charge in [0.1, 0.15) is 11.6 Å². The summed E-state index contributed by atoms with van der Waals surface area (Å²) in [5.74, 6) is 0. The molecule has 0 spiro atoms. The van der Waals surface area contributed by atoms with Crippen molar-refractivity contribution in [2.24, 2.45) is 10.8 Å². The van der Waals surface area contributed by atoms with Gasteiger partial charge in [0, 0.05) is 79.6 Å². The minimum atomic E-state index is -0.0406. The summed E-state index contributed by atoms with van der Waals surface area (Å²) in [6.07, 6.45) is 1.72. The molecular weight excluding hydrogens is 1130 g/mol. The van der Waals surface area contributed by atoms with E-state index < -0.39 is 0 Å². The summed E-state index contributed by atoms with van der Waals surface area (Å²) in [4.78, 5) is 0. The molecule has 0 unspecified atom stereocenters. The van der Waals surface area contributed by atoms with Gasteiger partial charge in [-0.3, -0.25) is 0 Å². The largest absolute Gasteiger partial charge is 0.306 e. The first-order valence-corrected chi connectivity index (χ1v) is 32.9. The van der Waals surface area contributed by atoms with E-state index in [2.05, 4.69) is 302 Å². The lowest BCUT2D eigenvalue weighted by molar-refractivity contribution is 0.406. The first-order valence-electron chi connectivity index (χ1n) is 31.3. The number of benzene rings is 12. The van der Waals surface area contributed by atoms with Crippen molar-refractivity contribution in [1.82, 2.24) is 18.3 Å². The topological polar surface area (TPSA) is 43.5 Å². The molecule has 6 aromatic heterocycles. The number of fused-ring (bicyclic) bond motifs is 20. The highest BCUT2D eigenvalue weighted by atomic mass is 32.1. The highest BCUT2D eigenvalue weighted by molar-refractivity contribution is 7.27. The minimum absolute atomic E-state index is 0.0406. The molecule has 90 heavy (non-hydrogen) atoms. The van der Waals surface area contributed by atoms with Crippen molar-refractivity contribution in [3.05, 3.63) is 253 Å². The fourth-order valence-corrected chi connectivity index (χ4v) is 18.0. The summed E-state index contributed by atoms with van der Waals surface area (Å²) >= 11 is 3.69. The summed E-state index contributed by atoms with van der Waals surface area (Å²) in [6, 6.07) is 91.4. The minimum Gasteiger partial charge on any atom is -0.306 e. The Balaban J connectivity index is 1.21. The Labute approximate surface area is 528 Å². The van der Waals surface area contributed by atoms with Crippen LogP contribution in [0.1, 0.15) is 58.2 Å². The number of thiophene rings is 2. The maximum Gasteiger partial charge on any atom is 0.104 e. The predicted molar refractivity (Wildman–Crippen MR) is 386 cm³/mol. The molecule has 0 saturated carbocycles. The number of nitriles is 1. The number of nitrogens with zero attached hydrogens (tertiary/aromatic N) is 5. The van der Waals surface area contributed by atoms with Crippen molar-refractivity contribution in [1.29, 1.82) is 5.26 Å². The molecule has 18 rings (SSSR count). The second-order valence-electron chi connectivity index (χ2n) is 27.1. The number of rotatable bonds is 7. The summed E-state index contributed by atoms with van der Waals surface area (Å²) in [6.45, 7) is 14.2. The van der Waals surface area contributed by atoms with E-state index in [1.807, 2.05) is 22.7 Å². The fourth-order valence-electron chi connectivity index (χ4n) is 15.5. The zero-order valence-electron chi connectivity index (χ0n) is 51.0. The van der Waals surface area contributed by atoms with E-state index in [1.165, 1.54) is 51.5 Å². The van der Waals surface area contributed by atoms with E-state index in [4.69, 9.17) is 0 Å². The second-order valence-corrected chi connectivity index (χ2v) is 29.2. The molecule has 0 radical (unpaired) electrons.